The largest absolute Gasteiger partial charge is 0.367 e. The Balaban J connectivity index is 2.38. The van der Waals surface area contributed by atoms with Crippen LogP contribution < -0.4 is 0 Å². The summed E-state index contributed by atoms with van der Waals surface area (Å²) < 4.78 is 5.43. The predicted octanol–water partition coefficient (Wildman–Crippen LogP) is 2.19. The van der Waals surface area contributed by atoms with Crippen LogP contribution in [0.15, 0.2) is 18.2 Å². The van der Waals surface area contributed by atoms with Crippen LogP contribution >= 0.6 is 0 Å². The van der Waals surface area contributed by atoms with Gasteiger partial charge in [0, 0.05) is 13.6 Å². The molecule has 0 unspecified atom stereocenters. The lowest BCUT2D eigenvalue weighted by Gasteiger charge is -2.15. The Hall–Kier alpha value is -1.86. The summed E-state index contributed by atoms with van der Waals surface area (Å²) in [4.78, 5) is 13.2. The maximum atomic E-state index is 11.7. The minimum Gasteiger partial charge on any atom is -0.367 e. The summed E-state index contributed by atoms with van der Waals surface area (Å²) in [5.74, 6) is -0.0972. The first-order valence-electron chi connectivity index (χ1n) is 6.29. The lowest BCUT2D eigenvalue weighted by Crippen LogP contribution is -2.31. The summed E-state index contributed by atoms with van der Waals surface area (Å²) in [6.07, 6.45) is 0.347. The van der Waals surface area contributed by atoms with Crippen molar-refractivity contribution in [3.05, 3.63) is 34.9 Å². The van der Waals surface area contributed by atoms with Gasteiger partial charge in [0.1, 0.15) is 6.61 Å². The number of aryl methyl sites for hydroxylation is 2. The fraction of sp³-hybridized carbons (Fsp3) is 0.467. The molecule has 4 heteroatoms. The standard InChI is InChI=1S/C15H20N2O2/c1-12-5-6-14(13(2)9-12)10-19-11-15(18)17(3)8-4-7-16/h5-6,9H,4,8,10-11H2,1-3H3. The van der Waals surface area contributed by atoms with Crippen molar-refractivity contribution in [1.82, 2.24) is 4.90 Å². The van der Waals surface area contributed by atoms with Gasteiger partial charge >= 0.3 is 0 Å². The molecule has 1 amide bonds. The minimum absolute atomic E-state index is 0.0508. The second kappa shape index (κ2) is 7.55. The molecule has 1 rings (SSSR count). The molecule has 0 aliphatic carbocycles. The lowest BCUT2D eigenvalue weighted by atomic mass is 10.1. The lowest BCUT2D eigenvalue weighted by molar-refractivity contribution is -0.135. The Morgan fingerprint density at radius 3 is 2.79 bits per heavy atom. The Kier molecular flexibility index (Phi) is 6.04. The number of nitrogens with zero attached hydrogens (tertiary/aromatic N) is 2. The van der Waals surface area contributed by atoms with Gasteiger partial charge in [-0.3, -0.25) is 4.79 Å². The van der Waals surface area contributed by atoms with Crippen LogP contribution in [0.4, 0.5) is 0 Å². The number of hydrogen-bond acceptors (Lipinski definition) is 3. The van der Waals surface area contributed by atoms with Gasteiger partial charge in [-0.2, -0.15) is 5.26 Å². The molecule has 0 saturated carbocycles. The Bertz CT molecular complexity index is 478. The van der Waals surface area contributed by atoms with Gasteiger partial charge in [0.25, 0.3) is 0 Å². The van der Waals surface area contributed by atoms with Gasteiger partial charge in [-0.15, -0.1) is 0 Å². The molecule has 0 radical (unpaired) electrons. The predicted molar refractivity (Wildman–Crippen MR) is 73.4 cm³/mol. The van der Waals surface area contributed by atoms with Gasteiger partial charge < -0.3 is 9.64 Å². The van der Waals surface area contributed by atoms with Crippen LogP contribution in [-0.2, 0) is 16.1 Å². The summed E-state index contributed by atoms with van der Waals surface area (Å²) in [5.41, 5.74) is 3.48. The molecule has 4 nitrogen and oxygen atoms in total. The zero-order valence-corrected chi connectivity index (χ0v) is 11.8. The molecule has 0 aromatic heterocycles. The first-order valence-corrected chi connectivity index (χ1v) is 6.29. The van der Waals surface area contributed by atoms with Gasteiger partial charge in [-0.25, -0.2) is 0 Å². The van der Waals surface area contributed by atoms with Crippen molar-refractivity contribution >= 4 is 5.91 Å². The Morgan fingerprint density at radius 1 is 1.42 bits per heavy atom. The molecule has 0 atom stereocenters. The molecule has 102 valence electrons. The third kappa shape index (κ3) is 5.11. The average Bonchev–Trinajstić information content (AvgIpc) is 2.38. The molecule has 0 spiro atoms. The number of hydrogen-bond donors (Lipinski definition) is 0. The van der Waals surface area contributed by atoms with Crippen LogP contribution in [-0.4, -0.2) is 31.0 Å². The Labute approximate surface area is 114 Å². The third-order valence-electron chi connectivity index (χ3n) is 2.97. The second-order valence-electron chi connectivity index (χ2n) is 4.65. The Morgan fingerprint density at radius 2 is 2.16 bits per heavy atom. The molecular formula is C15H20N2O2. The van der Waals surface area contributed by atoms with Crippen molar-refractivity contribution in [3.8, 4) is 6.07 Å². The normalized spacial score (nSPS) is 10.0. The van der Waals surface area contributed by atoms with E-state index in [9.17, 15) is 4.79 Å². The maximum absolute atomic E-state index is 11.7. The maximum Gasteiger partial charge on any atom is 0.248 e. The third-order valence-corrected chi connectivity index (χ3v) is 2.97. The van der Waals surface area contributed by atoms with Crippen molar-refractivity contribution in [2.24, 2.45) is 0 Å². The summed E-state index contributed by atoms with van der Waals surface area (Å²) in [6, 6.07) is 8.17. The van der Waals surface area contributed by atoms with Crippen LogP contribution in [0, 0.1) is 25.2 Å². The van der Waals surface area contributed by atoms with Crippen molar-refractivity contribution in [2.75, 3.05) is 20.2 Å². The number of likely N-dealkylation sites (N-methyl/N-ethyl adjacent to an activating group) is 1. The van der Waals surface area contributed by atoms with Crippen molar-refractivity contribution in [1.29, 1.82) is 5.26 Å². The van der Waals surface area contributed by atoms with Crippen molar-refractivity contribution in [3.63, 3.8) is 0 Å². The molecule has 0 bridgehead atoms. The summed E-state index contributed by atoms with van der Waals surface area (Å²) >= 11 is 0. The van der Waals surface area contributed by atoms with Crippen molar-refractivity contribution < 1.29 is 9.53 Å². The van der Waals surface area contributed by atoms with Gasteiger partial charge in [-0.1, -0.05) is 23.8 Å². The average molecular weight is 260 g/mol. The van der Waals surface area contributed by atoms with E-state index in [1.807, 2.05) is 32.0 Å². The van der Waals surface area contributed by atoms with E-state index in [2.05, 4.69) is 6.07 Å². The number of carbonyl (C=O) groups is 1. The molecule has 0 N–H and O–H groups in total. The highest BCUT2D eigenvalue weighted by molar-refractivity contribution is 5.77. The van der Waals surface area contributed by atoms with Crippen LogP contribution in [0.25, 0.3) is 0 Å². The number of amides is 1. The summed E-state index contributed by atoms with van der Waals surface area (Å²) in [6.45, 7) is 5.01. The van der Waals surface area contributed by atoms with E-state index < -0.39 is 0 Å². The molecular weight excluding hydrogens is 240 g/mol. The highest BCUT2D eigenvalue weighted by Gasteiger charge is 2.08. The monoisotopic (exact) mass is 260 g/mol. The SMILES string of the molecule is Cc1ccc(COCC(=O)N(C)CCC#N)c(C)c1. The minimum atomic E-state index is -0.0972. The van der Waals surface area contributed by atoms with Gasteiger partial charge in [0.2, 0.25) is 5.91 Å². The molecule has 0 heterocycles. The smallest absolute Gasteiger partial charge is 0.248 e. The number of ether oxygens (including phenoxy) is 1. The molecule has 1 aromatic carbocycles. The second-order valence-corrected chi connectivity index (χ2v) is 4.65. The number of benzene rings is 1. The molecule has 1 aromatic rings. The zero-order valence-electron chi connectivity index (χ0n) is 11.8. The number of nitriles is 1. The zero-order chi connectivity index (χ0) is 14.3. The van der Waals surface area contributed by atoms with Gasteiger partial charge in [0.05, 0.1) is 19.1 Å². The van der Waals surface area contributed by atoms with E-state index >= 15 is 0 Å². The van der Waals surface area contributed by atoms with E-state index in [0.717, 1.165) is 5.56 Å². The van der Waals surface area contributed by atoms with E-state index in [4.69, 9.17) is 10.00 Å². The number of carbonyl (C=O) groups excluding carboxylic acids is 1. The van der Waals surface area contributed by atoms with E-state index in [-0.39, 0.29) is 12.5 Å². The fourth-order valence-corrected chi connectivity index (χ4v) is 1.71. The topological polar surface area (TPSA) is 53.3 Å². The highest BCUT2D eigenvalue weighted by atomic mass is 16.5. The quantitative estimate of drug-likeness (QED) is 0.788. The molecule has 0 saturated heterocycles. The van der Waals surface area contributed by atoms with Gasteiger partial charge in [-0.05, 0) is 25.0 Å². The van der Waals surface area contributed by atoms with Crippen LogP contribution in [0.1, 0.15) is 23.1 Å². The first-order chi connectivity index (χ1) is 9.04. The summed E-state index contributed by atoms with van der Waals surface area (Å²) in [5, 5.41) is 8.46. The fourth-order valence-electron chi connectivity index (χ4n) is 1.71. The molecule has 0 aliphatic rings. The molecule has 0 fully saturated rings. The van der Waals surface area contributed by atoms with Crippen molar-refractivity contribution in [2.45, 2.75) is 26.9 Å². The van der Waals surface area contributed by atoms with Crippen LogP contribution in [0.2, 0.25) is 0 Å². The van der Waals surface area contributed by atoms with Gasteiger partial charge in [0.15, 0.2) is 0 Å². The molecule has 19 heavy (non-hydrogen) atoms. The van der Waals surface area contributed by atoms with Crippen LogP contribution in [0.3, 0.4) is 0 Å². The van der Waals surface area contributed by atoms with Crippen LogP contribution in [0.5, 0.6) is 0 Å². The highest BCUT2D eigenvalue weighted by Crippen LogP contribution is 2.11. The summed E-state index contributed by atoms with van der Waals surface area (Å²) in [7, 11) is 1.68. The molecule has 0 aliphatic heterocycles. The van der Waals surface area contributed by atoms with E-state index in [0.29, 0.717) is 19.6 Å². The first kappa shape index (κ1) is 15.2. The van der Waals surface area contributed by atoms with E-state index in [1.165, 1.54) is 16.0 Å². The number of rotatable bonds is 6. The van der Waals surface area contributed by atoms with E-state index in [1.54, 1.807) is 7.05 Å².